The van der Waals surface area contributed by atoms with Crippen molar-refractivity contribution >= 4 is 17.7 Å². The fraction of sp³-hybridized carbons (Fsp3) is 0.891. The summed E-state index contributed by atoms with van der Waals surface area (Å²) in [5.41, 5.74) is 1.94. The van der Waals surface area contributed by atoms with E-state index < -0.39 is 11.4 Å². The van der Waals surface area contributed by atoms with Crippen molar-refractivity contribution in [2.45, 2.75) is 171 Å². The van der Waals surface area contributed by atoms with E-state index in [0.29, 0.717) is 29.6 Å². The van der Waals surface area contributed by atoms with Crippen LogP contribution in [0.5, 0.6) is 0 Å². The van der Waals surface area contributed by atoms with Gasteiger partial charge in [0.15, 0.2) is 5.78 Å². The van der Waals surface area contributed by atoms with Gasteiger partial charge in [-0.3, -0.25) is 19.3 Å². The minimum Gasteiger partial charge on any atom is -0.481 e. The van der Waals surface area contributed by atoms with Crippen LogP contribution in [0.1, 0.15) is 159 Å². The molecule has 0 bridgehead atoms. The van der Waals surface area contributed by atoms with Crippen LogP contribution in [0, 0.1) is 56.2 Å². The number of Topliss-reactive ketones (excluding diaryl/α,β-unsaturated/α-hetero) is 1. The summed E-state index contributed by atoms with van der Waals surface area (Å²) in [6.07, 6.45) is 15.8. The summed E-state index contributed by atoms with van der Waals surface area (Å²) < 4.78 is 6.21. The summed E-state index contributed by atoms with van der Waals surface area (Å²) in [5.74, 6) is 0.828. The molecule has 0 unspecified atom stereocenters. The topological polar surface area (TPSA) is 87.2 Å². The standard InChI is InChI=1S/C46H76N2O5/c1-30(2)38-33(49)28-46(24-25-48(27-26-47(10)11)31-14-12-13-15-31)23-22-44(8)32(39(38)46)16-17-35-43(7)20-19-36(53-37(50)29-41(3,4)40(51)52)42(5,6)34(43)18-21-45(35,44)9/h30-32,34-36H,12-29H2,1-11H3,(H,51,52)/t32-,34+,35-,36+,43+,44-,45-,46-/m1/s1. The normalized spacial score (nSPS) is 38.6. The minimum absolute atomic E-state index is 0.0132. The van der Waals surface area contributed by atoms with E-state index in [0.717, 1.165) is 58.2 Å². The predicted octanol–water partition coefficient (Wildman–Crippen LogP) is 9.58. The predicted molar refractivity (Wildman–Crippen MR) is 212 cm³/mol. The molecule has 0 aromatic carbocycles. The van der Waals surface area contributed by atoms with Crippen molar-refractivity contribution in [1.29, 1.82) is 0 Å². The highest BCUT2D eigenvalue weighted by atomic mass is 16.5. The van der Waals surface area contributed by atoms with Crippen molar-refractivity contribution in [1.82, 2.24) is 9.80 Å². The van der Waals surface area contributed by atoms with Gasteiger partial charge in [-0.25, -0.2) is 0 Å². The molecule has 7 heteroatoms. The summed E-state index contributed by atoms with van der Waals surface area (Å²) >= 11 is 0. The van der Waals surface area contributed by atoms with Crippen LogP contribution in [0.3, 0.4) is 0 Å². The van der Waals surface area contributed by atoms with Gasteiger partial charge < -0.3 is 14.7 Å². The van der Waals surface area contributed by atoms with Crippen LogP contribution in [-0.4, -0.2) is 78.5 Å². The van der Waals surface area contributed by atoms with E-state index in [-0.39, 0.29) is 51.5 Å². The second-order valence-corrected chi connectivity index (χ2v) is 21.7. The van der Waals surface area contributed by atoms with Crippen LogP contribution >= 0.6 is 0 Å². The van der Waals surface area contributed by atoms with Gasteiger partial charge in [0.25, 0.3) is 0 Å². The van der Waals surface area contributed by atoms with Crippen molar-refractivity contribution in [2.75, 3.05) is 33.7 Å². The molecule has 300 valence electrons. The van der Waals surface area contributed by atoms with E-state index in [1.807, 2.05) is 0 Å². The monoisotopic (exact) mass is 737 g/mol. The molecular weight excluding hydrogens is 661 g/mol. The molecule has 0 aliphatic heterocycles. The van der Waals surface area contributed by atoms with E-state index >= 15 is 0 Å². The van der Waals surface area contributed by atoms with Gasteiger partial charge in [-0.15, -0.1) is 0 Å². The third-order valence-corrected chi connectivity index (χ3v) is 17.5. The van der Waals surface area contributed by atoms with E-state index in [4.69, 9.17) is 4.74 Å². The highest BCUT2D eigenvalue weighted by molar-refractivity contribution is 6.00. The summed E-state index contributed by atoms with van der Waals surface area (Å²) in [4.78, 5) is 44.3. The maximum absolute atomic E-state index is 14.2. The summed E-state index contributed by atoms with van der Waals surface area (Å²) in [7, 11) is 4.38. The first-order valence-corrected chi connectivity index (χ1v) is 21.7. The number of carbonyl (C=O) groups excluding carboxylic acids is 2. The molecule has 0 amide bonds. The Labute approximate surface area is 322 Å². The minimum atomic E-state index is -1.14. The Bertz CT molecular complexity index is 1460. The average Bonchev–Trinajstić information content (AvgIpc) is 3.69. The smallest absolute Gasteiger partial charge is 0.309 e. The Morgan fingerprint density at radius 1 is 0.849 bits per heavy atom. The number of carboxylic acids is 1. The molecule has 0 radical (unpaired) electrons. The molecule has 5 fully saturated rings. The molecule has 6 aliphatic rings. The van der Waals surface area contributed by atoms with Crippen molar-refractivity contribution < 1.29 is 24.2 Å². The lowest BCUT2D eigenvalue weighted by Gasteiger charge is -2.72. The number of ether oxygens (including phenoxy) is 1. The van der Waals surface area contributed by atoms with Crippen LogP contribution in [0.15, 0.2) is 11.1 Å². The molecular formula is C46H76N2O5. The second kappa shape index (κ2) is 14.3. The molecule has 5 saturated carbocycles. The van der Waals surface area contributed by atoms with Gasteiger partial charge in [0.1, 0.15) is 6.10 Å². The average molecular weight is 737 g/mol. The van der Waals surface area contributed by atoms with Gasteiger partial charge >= 0.3 is 11.9 Å². The number of rotatable bonds is 12. The van der Waals surface area contributed by atoms with Gasteiger partial charge in [0.2, 0.25) is 0 Å². The Balaban J connectivity index is 1.26. The number of nitrogens with zero attached hydrogens (tertiary/aromatic N) is 2. The van der Waals surface area contributed by atoms with Crippen LogP contribution in [-0.2, 0) is 19.1 Å². The number of esters is 1. The van der Waals surface area contributed by atoms with Gasteiger partial charge in [-0.05, 0) is 151 Å². The Morgan fingerprint density at radius 3 is 2.15 bits per heavy atom. The molecule has 0 heterocycles. The summed E-state index contributed by atoms with van der Waals surface area (Å²) in [6.45, 7) is 23.6. The van der Waals surface area contributed by atoms with Gasteiger partial charge in [-0.2, -0.15) is 0 Å². The number of likely N-dealkylation sites (N-methyl/N-ethyl adjacent to an activating group) is 1. The lowest BCUT2D eigenvalue weighted by Crippen LogP contribution is -2.65. The Kier molecular flexibility index (Phi) is 11.1. The van der Waals surface area contributed by atoms with E-state index in [2.05, 4.69) is 72.4 Å². The van der Waals surface area contributed by atoms with Crippen molar-refractivity contribution in [3.8, 4) is 0 Å². The molecule has 0 spiro atoms. The Hall–Kier alpha value is -1.73. The largest absolute Gasteiger partial charge is 0.481 e. The number of allylic oxidation sites excluding steroid dienone is 2. The number of carboxylic acid groups (broad SMARTS) is 1. The maximum atomic E-state index is 14.2. The fourth-order valence-electron chi connectivity index (χ4n) is 14.3. The first-order chi connectivity index (χ1) is 24.6. The fourth-order valence-corrected chi connectivity index (χ4v) is 14.3. The highest BCUT2D eigenvalue weighted by Gasteiger charge is 2.70. The molecule has 6 aliphatic carbocycles. The second-order valence-electron chi connectivity index (χ2n) is 21.7. The van der Waals surface area contributed by atoms with Gasteiger partial charge in [-0.1, -0.05) is 66.9 Å². The zero-order valence-corrected chi connectivity index (χ0v) is 35.7. The number of hydrogen-bond donors (Lipinski definition) is 1. The quantitative estimate of drug-likeness (QED) is 0.200. The van der Waals surface area contributed by atoms with E-state index in [9.17, 15) is 19.5 Å². The molecule has 7 nitrogen and oxygen atoms in total. The molecule has 8 atom stereocenters. The van der Waals surface area contributed by atoms with Crippen LogP contribution < -0.4 is 0 Å². The summed E-state index contributed by atoms with van der Waals surface area (Å²) in [5, 5.41) is 9.64. The SMILES string of the molecule is CC(C)C1=C2[C@H]3CC[C@@H]4[C@@]5(C)CC[C@H](OC(=O)CC(C)(C)C(=O)O)C(C)(C)[C@@H]5CC[C@@]4(C)[C@]3(C)CC[C@@]2(CCN(CCN(C)C)C2CCCC2)CC1=O. The molecule has 53 heavy (non-hydrogen) atoms. The molecule has 1 N–H and O–H groups in total. The maximum Gasteiger partial charge on any atom is 0.309 e. The first-order valence-electron chi connectivity index (χ1n) is 21.7. The lowest BCUT2D eigenvalue weighted by molar-refractivity contribution is -0.233. The number of fused-ring (bicyclic) bond motifs is 7. The number of aliphatic carboxylic acids is 1. The van der Waals surface area contributed by atoms with Gasteiger partial charge in [0, 0.05) is 36.4 Å². The summed E-state index contributed by atoms with van der Waals surface area (Å²) in [6, 6.07) is 0.694. The third-order valence-electron chi connectivity index (χ3n) is 17.5. The Morgan fingerprint density at radius 2 is 1.53 bits per heavy atom. The molecule has 0 saturated heterocycles. The third kappa shape index (κ3) is 6.80. The zero-order valence-electron chi connectivity index (χ0n) is 35.7. The first kappa shape index (κ1) is 40.9. The van der Waals surface area contributed by atoms with Crippen LogP contribution in [0.2, 0.25) is 0 Å². The number of hydrogen-bond acceptors (Lipinski definition) is 6. The van der Waals surface area contributed by atoms with Gasteiger partial charge in [0.05, 0.1) is 11.8 Å². The van der Waals surface area contributed by atoms with E-state index in [1.165, 1.54) is 56.9 Å². The van der Waals surface area contributed by atoms with Crippen molar-refractivity contribution in [2.24, 2.45) is 56.2 Å². The highest BCUT2D eigenvalue weighted by Crippen LogP contribution is 2.77. The number of ketones is 1. The number of carbonyl (C=O) groups is 3. The molecule has 0 aromatic heterocycles. The zero-order chi connectivity index (χ0) is 38.9. The molecule has 0 aromatic rings. The molecule has 6 rings (SSSR count). The van der Waals surface area contributed by atoms with Crippen LogP contribution in [0.25, 0.3) is 0 Å². The van der Waals surface area contributed by atoms with E-state index in [1.54, 1.807) is 19.4 Å². The van der Waals surface area contributed by atoms with Crippen molar-refractivity contribution in [3.63, 3.8) is 0 Å². The lowest BCUT2D eigenvalue weighted by atomic mass is 9.33. The van der Waals surface area contributed by atoms with Crippen LogP contribution in [0.4, 0.5) is 0 Å². The van der Waals surface area contributed by atoms with Crippen molar-refractivity contribution in [3.05, 3.63) is 11.1 Å².